The zero-order valence-corrected chi connectivity index (χ0v) is 16.2. The SMILES string of the molecule is O=c1[nH]c(-c2ncccc2C(F)(F)F)nc(C(F)(F)F)c1Oc1ccc(Cl)c(C(F)(F)F)c1. The number of aromatic nitrogens is 3. The summed E-state index contributed by atoms with van der Waals surface area (Å²) >= 11 is 5.42. The third-order valence-corrected chi connectivity index (χ3v) is 4.28. The summed E-state index contributed by atoms with van der Waals surface area (Å²) in [6.45, 7) is 0. The van der Waals surface area contributed by atoms with E-state index < -0.39 is 68.9 Å². The van der Waals surface area contributed by atoms with Crippen molar-refractivity contribution in [2.24, 2.45) is 0 Å². The van der Waals surface area contributed by atoms with Gasteiger partial charge in [-0.25, -0.2) is 4.98 Å². The molecule has 0 atom stereocenters. The van der Waals surface area contributed by atoms with Crippen LogP contribution < -0.4 is 10.3 Å². The molecule has 0 aliphatic rings. The second-order valence-corrected chi connectivity index (χ2v) is 6.64. The van der Waals surface area contributed by atoms with Gasteiger partial charge in [-0.1, -0.05) is 11.6 Å². The van der Waals surface area contributed by atoms with Crippen molar-refractivity contribution in [2.75, 3.05) is 0 Å². The summed E-state index contributed by atoms with van der Waals surface area (Å²) in [6, 6.07) is 3.05. The smallest absolute Gasteiger partial charge is 0.437 e. The van der Waals surface area contributed by atoms with Gasteiger partial charge in [0.1, 0.15) is 11.4 Å². The minimum absolute atomic E-state index is 0.246. The molecule has 0 unspecified atom stereocenters. The molecule has 0 aliphatic heterocycles. The van der Waals surface area contributed by atoms with Crippen LogP contribution in [0.25, 0.3) is 11.5 Å². The summed E-state index contributed by atoms with van der Waals surface area (Å²) in [4.78, 5) is 20.4. The van der Waals surface area contributed by atoms with Crippen molar-refractivity contribution in [3.8, 4) is 23.0 Å². The molecule has 176 valence electrons. The van der Waals surface area contributed by atoms with E-state index >= 15 is 0 Å². The lowest BCUT2D eigenvalue weighted by Crippen LogP contribution is -2.22. The van der Waals surface area contributed by atoms with Gasteiger partial charge in [-0.3, -0.25) is 9.78 Å². The number of benzene rings is 1. The number of hydrogen-bond donors (Lipinski definition) is 1. The van der Waals surface area contributed by atoms with Gasteiger partial charge in [0.2, 0.25) is 5.75 Å². The average molecular weight is 504 g/mol. The molecule has 0 aliphatic carbocycles. The molecule has 0 spiro atoms. The Bertz CT molecular complexity index is 1250. The molecule has 0 amide bonds. The van der Waals surface area contributed by atoms with E-state index in [1.807, 2.05) is 0 Å². The van der Waals surface area contributed by atoms with Crippen LogP contribution in [0.15, 0.2) is 41.3 Å². The standard InChI is InChI=1S/C18H7ClF9N3O2/c19-10-4-3-7(6-9(10)17(23,24)25)33-12-13(18(26,27)28)30-14(31-15(12)32)11-8(16(20,21)22)2-1-5-29-11/h1-6H,(H,30,31,32). The molecule has 1 aromatic carbocycles. The quantitative estimate of drug-likeness (QED) is 0.424. The van der Waals surface area contributed by atoms with Gasteiger partial charge >= 0.3 is 18.5 Å². The molecule has 0 saturated carbocycles. The number of halogens is 10. The highest BCUT2D eigenvalue weighted by Crippen LogP contribution is 2.40. The minimum Gasteiger partial charge on any atom is -0.449 e. The molecule has 3 aromatic rings. The first-order valence-electron chi connectivity index (χ1n) is 8.37. The van der Waals surface area contributed by atoms with Crippen LogP contribution in [0.5, 0.6) is 11.5 Å². The van der Waals surface area contributed by atoms with E-state index in [1.165, 1.54) is 0 Å². The summed E-state index contributed by atoms with van der Waals surface area (Å²) in [5.41, 5.74) is -7.84. The maximum absolute atomic E-state index is 13.6. The highest BCUT2D eigenvalue weighted by molar-refractivity contribution is 6.31. The van der Waals surface area contributed by atoms with Gasteiger partial charge < -0.3 is 9.72 Å². The summed E-state index contributed by atoms with van der Waals surface area (Å²) in [5.74, 6) is -3.63. The van der Waals surface area contributed by atoms with Crippen LogP contribution >= 0.6 is 11.6 Å². The van der Waals surface area contributed by atoms with Crippen molar-refractivity contribution in [3.63, 3.8) is 0 Å². The van der Waals surface area contributed by atoms with Crippen molar-refractivity contribution in [1.82, 2.24) is 15.0 Å². The van der Waals surface area contributed by atoms with E-state index in [-0.39, 0.29) is 6.07 Å². The second kappa shape index (κ2) is 8.24. The van der Waals surface area contributed by atoms with Crippen molar-refractivity contribution >= 4 is 11.6 Å². The number of nitrogens with zero attached hydrogens (tertiary/aromatic N) is 2. The number of rotatable bonds is 3. The third kappa shape index (κ3) is 5.21. The largest absolute Gasteiger partial charge is 0.449 e. The van der Waals surface area contributed by atoms with Crippen LogP contribution in [-0.2, 0) is 18.5 Å². The van der Waals surface area contributed by atoms with Crippen LogP contribution in [0.3, 0.4) is 0 Å². The van der Waals surface area contributed by atoms with Crippen LogP contribution in [0.4, 0.5) is 39.5 Å². The number of nitrogens with one attached hydrogen (secondary N) is 1. The van der Waals surface area contributed by atoms with Gasteiger partial charge in [0.05, 0.1) is 16.1 Å². The zero-order valence-electron chi connectivity index (χ0n) is 15.5. The van der Waals surface area contributed by atoms with Gasteiger partial charge in [0.25, 0.3) is 5.56 Å². The van der Waals surface area contributed by atoms with E-state index in [4.69, 9.17) is 16.3 Å². The number of H-pyrrole nitrogens is 1. The highest BCUT2D eigenvalue weighted by Gasteiger charge is 2.41. The van der Waals surface area contributed by atoms with Crippen molar-refractivity contribution in [2.45, 2.75) is 18.5 Å². The Kier molecular flexibility index (Phi) is 6.08. The zero-order chi connectivity index (χ0) is 24.8. The predicted molar refractivity (Wildman–Crippen MR) is 94.6 cm³/mol. The molecule has 3 rings (SSSR count). The van der Waals surface area contributed by atoms with E-state index in [0.29, 0.717) is 12.1 Å². The molecular weight excluding hydrogens is 497 g/mol. The summed E-state index contributed by atoms with van der Waals surface area (Å²) in [7, 11) is 0. The number of ether oxygens (including phenoxy) is 1. The summed E-state index contributed by atoms with van der Waals surface area (Å²) in [5, 5.41) is -0.789. The molecular formula is C18H7ClF9N3O2. The lowest BCUT2D eigenvalue weighted by atomic mass is 10.1. The maximum atomic E-state index is 13.6. The number of pyridine rings is 1. The summed E-state index contributed by atoms with van der Waals surface area (Å²) in [6.07, 6.45) is -14.7. The lowest BCUT2D eigenvalue weighted by molar-refractivity contribution is -0.142. The molecule has 1 N–H and O–H groups in total. The van der Waals surface area contributed by atoms with Crippen LogP contribution in [0.2, 0.25) is 5.02 Å². The van der Waals surface area contributed by atoms with Gasteiger partial charge in [-0.15, -0.1) is 0 Å². The number of alkyl halides is 9. The van der Waals surface area contributed by atoms with Crippen LogP contribution in [0, 0.1) is 0 Å². The Morgan fingerprint density at radius 2 is 1.52 bits per heavy atom. The maximum Gasteiger partial charge on any atom is 0.437 e. The van der Waals surface area contributed by atoms with Gasteiger partial charge in [-0.05, 0) is 30.3 Å². The molecule has 33 heavy (non-hydrogen) atoms. The van der Waals surface area contributed by atoms with Gasteiger partial charge in [0.15, 0.2) is 11.5 Å². The fraction of sp³-hybridized carbons (Fsp3) is 0.167. The normalized spacial score (nSPS) is 12.7. The predicted octanol–water partition coefficient (Wildman–Crippen LogP) is 6.33. The fourth-order valence-corrected chi connectivity index (χ4v) is 2.81. The Hall–Kier alpha value is -3.29. The van der Waals surface area contributed by atoms with Crippen LogP contribution in [0.1, 0.15) is 16.8 Å². The van der Waals surface area contributed by atoms with Gasteiger partial charge in [-0.2, -0.15) is 39.5 Å². The fourth-order valence-electron chi connectivity index (χ4n) is 2.59. The average Bonchev–Trinajstić information content (AvgIpc) is 2.68. The molecule has 0 fully saturated rings. The van der Waals surface area contributed by atoms with Crippen molar-refractivity contribution in [3.05, 3.63) is 68.7 Å². The van der Waals surface area contributed by atoms with Gasteiger partial charge in [0, 0.05) is 6.20 Å². The third-order valence-electron chi connectivity index (χ3n) is 3.95. The van der Waals surface area contributed by atoms with E-state index in [2.05, 4.69) is 9.97 Å². The lowest BCUT2D eigenvalue weighted by Gasteiger charge is -2.16. The molecule has 2 aromatic heterocycles. The Morgan fingerprint density at radius 1 is 0.879 bits per heavy atom. The number of aromatic amines is 1. The topological polar surface area (TPSA) is 67.9 Å². The first-order chi connectivity index (χ1) is 15.1. The molecule has 0 radical (unpaired) electrons. The van der Waals surface area contributed by atoms with Crippen molar-refractivity contribution < 1.29 is 44.3 Å². The molecule has 2 heterocycles. The van der Waals surface area contributed by atoms with Crippen molar-refractivity contribution in [1.29, 1.82) is 0 Å². The minimum atomic E-state index is -5.44. The highest BCUT2D eigenvalue weighted by atomic mass is 35.5. The molecule has 5 nitrogen and oxygen atoms in total. The monoisotopic (exact) mass is 503 g/mol. The molecule has 0 bridgehead atoms. The Balaban J connectivity index is 2.18. The Labute approximate surface area is 181 Å². The van der Waals surface area contributed by atoms with Crippen LogP contribution in [-0.4, -0.2) is 15.0 Å². The molecule has 15 heteroatoms. The second-order valence-electron chi connectivity index (χ2n) is 6.23. The Morgan fingerprint density at radius 3 is 2.09 bits per heavy atom. The first kappa shape index (κ1) is 24.4. The number of hydrogen-bond acceptors (Lipinski definition) is 4. The first-order valence-corrected chi connectivity index (χ1v) is 8.75. The van der Waals surface area contributed by atoms with E-state index in [9.17, 15) is 44.3 Å². The van der Waals surface area contributed by atoms with E-state index in [0.717, 1.165) is 18.3 Å². The summed E-state index contributed by atoms with van der Waals surface area (Å²) < 4.78 is 124. The van der Waals surface area contributed by atoms with E-state index in [1.54, 1.807) is 4.98 Å². The molecule has 0 saturated heterocycles.